The molecular weight excluding hydrogens is 352 g/mol. The van der Waals surface area contributed by atoms with Crippen LogP contribution in [0.2, 0.25) is 5.02 Å². The number of hydrogen-bond acceptors (Lipinski definition) is 3. The minimum Gasteiger partial charge on any atom is -0.497 e. The summed E-state index contributed by atoms with van der Waals surface area (Å²) in [6.45, 7) is 2.62. The number of amides is 2. The van der Waals surface area contributed by atoms with Crippen LogP contribution in [-0.2, 0) is 16.0 Å². The summed E-state index contributed by atoms with van der Waals surface area (Å²) in [5.74, 6) is 0.465. The summed E-state index contributed by atoms with van der Waals surface area (Å²) in [6.07, 6.45) is 1.03. The molecule has 1 aliphatic rings. The van der Waals surface area contributed by atoms with Gasteiger partial charge in [-0.25, -0.2) is 4.90 Å². The molecule has 2 aromatic carbocycles. The molecule has 0 bridgehead atoms. The van der Waals surface area contributed by atoms with Gasteiger partial charge in [0.1, 0.15) is 5.75 Å². The van der Waals surface area contributed by atoms with Crippen molar-refractivity contribution in [2.75, 3.05) is 18.6 Å². The number of anilines is 1. The van der Waals surface area contributed by atoms with E-state index < -0.39 is 0 Å². The van der Waals surface area contributed by atoms with Crippen LogP contribution in [0.15, 0.2) is 42.5 Å². The summed E-state index contributed by atoms with van der Waals surface area (Å²) in [5.41, 5.74) is 2.62. The van der Waals surface area contributed by atoms with Crippen LogP contribution in [0.5, 0.6) is 5.75 Å². The second-order valence-corrected chi connectivity index (χ2v) is 6.84. The number of ether oxygens (including phenoxy) is 1. The molecule has 1 saturated heterocycles. The largest absolute Gasteiger partial charge is 0.497 e. The second kappa shape index (κ2) is 7.89. The molecule has 3 rings (SSSR count). The maximum absolute atomic E-state index is 12.7. The van der Waals surface area contributed by atoms with Crippen molar-refractivity contribution in [1.82, 2.24) is 0 Å². The van der Waals surface area contributed by atoms with E-state index in [4.69, 9.17) is 16.3 Å². The van der Waals surface area contributed by atoms with Crippen molar-refractivity contribution in [3.8, 4) is 5.75 Å². The van der Waals surface area contributed by atoms with Crippen molar-refractivity contribution < 1.29 is 19.6 Å². The van der Waals surface area contributed by atoms with Crippen molar-refractivity contribution in [3.63, 3.8) is 0 Å². The van der Waals surface area contributed by atoms with E-state index in [0.29, 0.717) is 10.7 Å². The molecule has 26 heavy (non-hydrogen) atoms. The first-order valence-electron chi connectivity index (χ1n) is 8.59. The van der Waals surface area contributed by atoms with Gasteiger partial charge in [-0.3, -0.25) is 9.59 Å². The number of nitrogens with zero attached hydrogens (tertiary/aromatic N) is 1. The highest BCUT2D eigenvalue weighted by atomic mass is 35.5. The number of benzene rings is 2. The number of nitrogens with two attached hydrogens (primary N) is 1. The molecule has 0 unspecified atom stereocenters. The van der Waals surface area contributed by atoms with Crippen LogP contribution in [-0.4, -0.2) is 31.5 Å². The number of carbonyl (C=O) groups excluding carboxylic acids is 2. The van der Waals surface area contributed by atoms with Gasteiger partial charge in [-0.05, 0) is 42.3 Å². The summed E-state index contributed by atoms with van der Waals surface area (Å²) >= 11 is 6.13. The molecular formula is C20H22ClN2O3+. The van der Waals surface area contributed by atoms with Crippen LogP contribution in [0, 0.1) is 6.92 Å². The molecule has 1 atom stereocenters. The third kappa shape index (κ3) is 3.89. The predicted octanol–water partition coefficient (Wildman–Crippen LogP) is 2.10. The summed E-state index contributed by atoms with van der Waals surface area (Å²) in [4.78, 5) is 26.2. The smallest absolute Gasteiger partial charge is 0.292 e. The number of rotatable bonds is 6. The molecule has 0 aliphatic carbocycles. The zero-order valence-corrected chi connectivity index (χ0v) is 15.6. The normalized spacial score (nSPS) is 17.0. The van der Waals surface area contributed by atoms with E-state index in [2.05, 4.69) is 0 Å². The third-order valence-corrected chi connectivity index (χ3v) is 5.05. The summed E-state index contributed by atoms with van der Waals surface area (Å²) in [6, 6.07) is 12.7. The molecule has 1 fully saturated rings. The van der Waals surface area contributed by atoms with Crippen molar-refractivity contribution in [3.05, 3.63) is 58.6 Å². The molecule has 136 valence electrons. The van der Waals surface area contributed by atoms with E-state index in [9.17, 15) is 9.59 Å². The Kier molecular flexibility index (Phi) is 5.59. The van der Waals surface area contributed by atoms with Crippen LogP contribution < -0.4 is 15.0 Å². The molecule has 1 aliphatic heterocycles. The summed E-state index contributed by atoms with van der Waals surface area (Å²) < 4.78 is 5.15. The molecule has 2 amide bonds. The lowest BCUT2D eigenvalue weighted by atomic mass is 10.1. The standard InChI is InChI=1S/C20H21ClN2O3/c1-13-3-6-15(11-17(13)21)23-19(24)12-18(20(23)25)22-10-9-14-4-7-16(26-2)8-5-14/h3-8,11,18,22H,9-10,12H2,1-2H3/p+1/t18-/m1/s1. The fraction of sp³-hybridized carbons (Fsp3) is 0.300. The number of imide groups is 1. The highest BCUT2D eigenvalue weighted by Gasteiger charge is 2.42. The summed E-state index contributed by atoms with van der Waals surface area (Å²) in [7, 11) is 1.64. The molecule has 1 heterocycles. The first-order valence-corrected chi connectivity index (χ1v) is 8.96. The molecule has 0 spiro atoms. The van der Waals surface area contributed by atoms with Crippen LogP contribution in [0.4, 0.5) is 5.69 Å². The molecule has 0 aromatic heterocycles. The molecule has 6 heteroatoms. The lowest BCUT2D eigenvalue weighted by molar-refractivity contribution is -0.674. The van der Waals surface area contributed by atoms with E-state index in [0.717, 1.165) is 24.3 Å². The van der Waals surface area contributed by atoms with Gasteiger partial charge in [0, 0.05) is 11.4 Å². The van der Waals surface area contributed by atoms with Gasteiger partial charge in [0.05, 0.1) is 25.8 Å². The van der Waals surface area contributed by atoms with E-state index in [1.54, 1.807) is 19.2 Å². The lowest BCUT2D eigenvalue weighted by Crippen LogP contribution is -2.92. The predicted molar refractivity (Wildman–Crippen MR) is 101 cm³/mol. The van der Waals surface area contributed by atoms with Crippen LogP contribution >= 0.6 is 11.6 Å². The lowest BCUT2D eigenvalue weighted by Gasteiger charge is -2.15. The van der Waals surface area contributed by atoms with Crippen LogP contribution in [0.3, 0.4) is 0 Å². The van der Waals surface area contributed by atoms with Crippen molar-refractivity contribution in [1.29, 1.82) is 0 Å². The van der Waals surface area contributed by atoms with Gasteiger partial charge in [-0.15, -0.1) is 0 Å². The molecule has 0 saturated carbocycles. The highest BCUT2D eigenvalue weighted by molar-refractivity contribution is 6.32. The first-order chi connectivity index (χ1) is 12.5. The topological polar surface area (TPSA) is 63.2 Å². The minimum atomic E-state index is -0.374. The Labute approximate surface area is 157 Å². The van der Waals surface area contributed by atoms with Gasteiger partial charge in [0.25, 0.3) is 5.91 Å². The van der Waals surface area contributed by atoms with Crippen molar-refractivity contribution in [2.45, 2.75) is 25.8 Å². The molecule has 0 radical (unpaired) electrons. The third-order valence-electron chi connectivity index (χ3n) is 4.64. The Bertz CT molecular complexity index is 820. The number of aryl methyl sites for hydroxylation is 1. The highest BCUT2D eigenvalue weighted by Crippen LogP contribution is 2.26. The quantitative estimate of drug-likeness (QED) is 0.789. The second-order valence-electron chi connectivity index (χ2n) is 6.43. The van der Waals surface area contributed by atoms with Gasteiger partial charge in [-0.2, -0.15) is 0 Å². The monoisotopic (exact) mass is 373 g/mol. The Morgan fingerprint density at radius 2 is 1.92 bits per heavy atom. The van der Waals surface area contributed by atoms with Gasteiger partial charge in [0.15, 0.2) is 6.04 Å². The van der Waals surface area contributed by atoms with E-state index >= 15 is 0 Å². The van der Waals surface area contributed by atoms with Crippen molar-refractivity contribution >= 4 is 29.1 Å². The number of hydrogen-bond donors (Lipinski definition) is 1. The Hall–Kier alpha value is -2.37. The first kappa shape index (κ1) is 18.4. The number of methoxy groups -OCH3 is 1. The average Bonchev–Trinajstić information content (AvgIpc) is 2.92. The minimum absolute atomic E-state index is 0.176. The van der Waals surface area contributed by atoms with E-state index in [-0.39, 0.29) is 24.3 Å². The van der Waals surface area contributed by atoms with Gasteiger partial charge in [0.2, 0.25) is 5.91 Å². The number of halogens is 1. The fourth-order valence-electron chi connectivity index (χ4n) is 3.08. The fourth-order valence-corrected chi connectivity index (χ4v) is 3.25. The van der Waals surface area contributed by atoms with Crippen molar-refractivity contribution in [2.24, 2.45) is 0 Å². The number of quaternary nitrogens is 1. The number of carbonyl (C=O) groups is 2. The zero-order chi connectivity index (χ0) is 18.7. The Morgan fingerprint density at radius 3 is 2.58 bits per heavy atom. The Balaban J connectivity index is 1.60. The van der Waals surface area contributed by atoms with E-state index in [1.807, 2.05) is 42.6 Å². The van der Waals surface area contributed by atoms with Gasteiger partial charge >= 0.3 is 0 Å². The van der Waals surface area contributed by atoms with Crippen LogP contribution in [0.1, 0.15) is 17.5 Å². The van der Waals surface area contributed by atoms with Crippen LogP contribution in [0.25, 0.3) is 0 Å². The SMILES string of the molecule is COc1ccc(CC[NH2+][C@@H]2CC(=O)N(c3ccc(C)c(Cl)c3)C2=O)cc1. The molecule has 2 aromatic rings. The van der Waals surface area contributed by atoms with E-state index in [1.165, 1.54) is 10.5 Å². The maximum Gasteiger partial charge on any atom is 0.292 e. The maximum atomic E-state index is 12.7. The summed E-state index contributed by atoms with van der Waals surface area (Å²) in [5, 5.41) is 2.50. The van der Waals surface area contributed by atoms with Gasteiger partial charge < -0.3 is 10.1 Å². The zero-order valence-electron chi connectivity index (χ0n) is 14.9. The Morgan fingerprint density at radius 1 is 1.19 bits per heavy atom. The van der Waals surface area contributed by atoms with Gasteiger partial charge in [-0.1, -0.05) is 29.8 Å². The average molecular weight is 374 g/mol. The molecule has 5 nitrogen and oxygen atoms in total. The molecule has 2 N–H and O–H groups in total.